The molecule has 0 amide bonds. The molecule has 1 unspecified atom stereocenters. The Hall–Kier alpha value is -0.340. The van der Waals surface area contributed by atoms with Crippen molar-refractivity contribution < 1.29 is 9.47 Å². The van der Waals surface area contributed by atoms with Crippen LogP contribution in [0, 0.1) is 5.41 Å². The molecular formula is C8H14O2. The number of ether oxygens (including phenoxy) is 2. The lowest BCUT2D eigenvalue weighted by Gasteiger charge is -2.36. The maximum absolute atomic E-state index is 5.30. The monoisotopic (exact) mass is 142 g/mol. The first kappa shape index (κ1) is 7.76. The first-order chi connectivity index (χ1) is 4.67. The molecule has 0 radical (unpaired) electrons. The van der Waals surface area contributed by atoms with Gasteiger partial charge in [0.05, 0.1) is 12.7 Å². The smallest absolute Gasteiger partial charge is 0.147 e. The largest absolute Gasteiger partial charge is 0.355 e. The van der Waals surface area contributed by atoms with Gasteiger partial charge >= 0.3 is 0 Å². The van der Waals surface area contributed by atoms with E-state index in [-0.39, 0.29) is 11.5 Å². The van der Waals surface area contributed by atoms with Gasteiger partial charge < -0.3 is 9.47 Å². The van der Waals surface area contributed by atoms with Crippen molar-refractivity contribution in [3.05, 3.63) is 12.7 Å². The summed E-state index contributed by atoms with van der Waals surface area (Å²) in [5.74, 6) is 0. The number of hydrogen-bond acceptors (Lipinski definition) is 2. The molecule has 0 aromatic rings. The molecule has 1 aliphatic rings. The second kappa shape index (κ2) is 2.72. The van der Waals surface area contributed by atoms with Crippen molar-refractivity contribution in [2.45, 2.75) is 20.0 Å². The van der Waals surface area contributed by atoms with E-state index in [0.717, 1.165) is 6.61 Å². The first-order valence-corrected chi connectivity index (χ1v) is 3.49. The molecule has 0 aliphatic carbocycles. The zero-order valence-electron chi connectivity index (χ0n) is 6.59. The highest BCUT2D eigenvalue weighted by Gasteiger charge is 2.31. The number of rotatable bonds is 1. The highest BCUT2D eigenvalue weighted by Crippen LogP contribution is 2.27. The van der Waals surface area contributed by atoms with Gasteiger partial charge in [0.1, 0.15) is 6.79 Å². The van der Waals surface area contributed by atoms with Gasteiger partial charge in [0.25, 0.3) is 0 Å². The van der Waals surface area contributed by atoms with E-state index in [4.69, 9.17) is 9.47 Å². The van der Waals surface area contributed by atoms with Gasteiger partial charge in [-0.1, -0.05) is 19.9 Å². The van der Waals surface area contributed by atoms with Crippen LogP contribution in [-0.4, -0.2) is 19.5 Å². The lowest BCUT2D eigenvalue weighted by atomic mass is 9.87. The van der Waals surface area contributed by atoms with Crippen molar-refractivity contribution in [1.29, 1.82) is 0 Å². The van der Waals surface area contributed by atoms with Crippen LogP contribution in [0.3, 0.4) is 0 Å². The lowest BCUT2D eigenvalue weighted by Crippen LogP contribution is -2.39. The Bertz CT molecular complexity index is 129. The minimum atomic E-state index is 0.0833. The predicted molar refractivity (Wildman–Crippen MR) is 39.7 cm³/mol. The summed E-state index contributed by atoms with van der Waals surface area (Å²) in [5.41, 5.74) is 0.0833. The van der Waals surface area contributed by atoms with Crippen LogP contribution in [0.25, 0.3) is 0 Å². The summed E-state index contributed by atoms with van der Waals surface area (Å²) < 4.78 is 10.4. The van der Waals surface area contributed by atoms with Crippen LogP contribution in [0.2, 0.25) is 0 Å². The van der Waals surface area contributed by atoms with Gasteiger partial charge in [-0.2, -0.15) is 0 Å². The molecule has 1 aliphatic heterocycles. The zero-order chi connectivity index (χ0) is 7.61. The van der Waals surface area contributed by atoms with Crippen LogP contribution in [0.4, 0.5) is 0 Å². The van der Waals surface area contributed by atoms with E-state index < -0.39 is 0 Å². The topological polar surface area (TPSA) is 18.5 Å². The van der Waals surface area contributed by atoms with E-state index in [9.17, 15) is 0 Å². The molecule has 0 aromatic carbocycles. The second-order valence-corrected chi connectivity index (χ2v) is 3.28. The van der Waals surface area contributed by atoms with Gasteiger partial charge in [0, 0.05) is 5.41 Å². The third-order valence-electron chi connectivity index (χ3n) is 1.79. The van der Waals surface area contributed by atoms with Gasteiger partial charge in [-0.05, 0) is 0 Å². The lowest BCUT2D eigenvalue weighted by molar-refractivity contribution is -0.182. The van der Waals surface area contributed by atoms with E-state index in [0.29, 0.717) is 6.79 Å². The van der Waals surface area contributed by atoms with Crippen molar-refractivity contribution in [3.63, 3.8) is 0 Å². The molecular weight excluding hydrogens is 128 g/mol. The maximum atomic E-state index is 5.30. The minimum absolute atomic E-state index is 0.0833. The quantitative estimate of drug-likeness (QED) is 0.517. The van der Waals surface area contributed by atoms with Crippen molar-refractivity contribution in [2.75, 3.05) is 13.4 Å². The molecule has 10 heavy (non-hydrogen) atoms. The Balaban J connectivity index is 2.59. The number of hydrogen-bond donors (Lipinski definition) is 0. The molecule has 0 N–H and O–H groups in total. The summed E-state index contributed by atoms with van der Waals surface area (Å²) in [6.07, 6.45) is 1.98. The molecule has 0 saturated carbocycles. The normalized spacial score (nSPS) is 31.6. The molecule has 0 spiro atoms. The molecule has 0 aromatic heterocycles. The van der Waals surface area contributed by atoms with E-state index in [1.165, 1.54) is 0 Å². The van der Waals surface area contributed by atoms with Crippen molar-refractivity contribution in [1.82, 2.24) is 0 Å². The van der Waals surface area contributed by atoms with Crippen molar-refractivity contribution >= 4 is 0 Å². The molecule has 58 valence electrons. The average Bonchev–Trinajstić information content (AvgIpc) is 1.87. The van der Waals surface area contributed by atoms with E-state index >= 15 is 0 Å². The van der Waals surface area contributed by atoms with Crippen molar-refractivity contribution in [2.24, 2.45) is 5.41 Å². The molecule has 2 heteroatoms. The second-order valence-electron chi connectivity index (χ2n) is 3.28. The Labute approximate surface area is 61.8 Å². The van der Waals surface area contributed by atoms with Crippen LogP contribution < -0.4 is 0 Å². The molecule has 0 bridgehead atoms. The molecule has 1 heterocycles. The highest BCUT2D eigenvalue weighted by molar-refractivity contribution is 4.92. The SMILES string of the molecule is C=CC1OCOCC1(C)C. The molecule has 1 rings (SSSR count). The molecule has 1 saturated heterocycles. The summed E-state index contributed by atoms with van der Waals surface area (Å²) in [6.45, 7) is 9.08. The van der Waals surface area contributed by atoms with Crippen LogP contribution >= 0.6 is 0 Å². The van der Waals surface area contributed by atoms with Crippen LogP contribution in [0.1, 0.15) is 13.8 Å². The maximum Gasteiger partial charge on any atom is 0.147 e. The average molecular weight is 142 g/mol. The fourth-order valence-corrected chi connectivity index (χ4v) is 1.12. The summed E-state index contributed by atoms with van der Waals surface area (Å²) in [6, 6.07) is 0. The van der Waals surface area contributed by atoms with Crippen LogP contribution in [0.15, 0.2) is 12.7 Å². The fourth-order valence-electron chi connectivity index (χ4n) is 1.12. The Kier molecular flexibility index (Phi) is 2.11. The summed E-state index contributed by atoms with van der Waals surface area (Å²) in [7, 11) is 0. The van der Waals surface area contributed by atoms with E-state index in [2.05, 4.69) is 20.4 Å². The summed E-state index contributed by atoms with van der Waals surface area (Å²) in [4.78, 5) is 0. The van der Waals surface area contributed by atoms with Gasteiger partial charge in [0.2, 0.25) is 0 Å². The summed E-state index contributed by atoms with van der Waals surface area (Å²) in [5, 5.41) is 0. The standard InChI is InChI=1S/C8H14O2/c1-4-7-8(2,3)5-9-6-10-7/h4,7H,1,5-6H2,2-3H3. The van der Waals surface area contributed by atoms with Gasteiger partial charge in [-0.15, -0.1) is 6.58 Å². The Morgan fingerprint density at radius 3 is 2.70 bits per heavy atom. The van der Waals surface area contributed by atoms with Crippen molar-refractivity contribution in [3.8, 4) is 0 Å². The van der Waals surface area contributed by atoms with E-state index in [1.54, 1.807) is 0 Å². The third kappa shape index (κ3) is 1.39. The minimum Gasteiger partial charge on any atom is -0.355 e. The summed E-state index contributed by atoms with van der Waals surface area (Å²) >= 11 is 0. The van der Waals surface area contributed by atoms with Gasteiger partial charge in [0.15, 0.2) is 0 Å². The van der Waals surface area contributed by atoms with Gasteiger partial charge in [-0.25, -0.2) is 0 Å². The molecule has 1 fully saturated rings. The Morgan fingerprint density at radius 2 is 2.30 bits per heavy atom. The predicted octanol–water partition coefficient (Wildman–Crippen LogP) is 1.57. The van der Waals surface area contributed by atoms with E-state index in [1.807, 2.05) is 6.08 Å². The van der Waals surface area contributed by atoms with Crippen LogP contribution in [-0.2, 0) is 9.47 Å². The molecule has 2 nitrogen and oxygen atoms in total. The Morgan fingerprint density at radius 1 is 1.60 bits per heavy atom. The zero-order valence-corrected chi connectivity index (χ0v) is 6.59. The highest BCUT2D eigenvalue weighted by atomic mass is 16.7. The first-order valence-electron chi connectivity index (χ1n) is 3.49. The van der Waals surface area contributed by atoms with Crippen LogP contribution in [0.5, 0.6) is 0 Å². The third-order valence-corrected chi connectivity index (χ3v) is 1.79. The fraction of sp³-hybridized carbons (Fsp3) is 0.750. The molecule has 1 atom stereocenters. The van der Waals surface area contributed by atoms with Gasteiger partial charge in [-0.3, -0.25) is 0 Å².